The van der Waals surface area contributed by atoms with Crippen LogP contribution in [0.2, 0.25) is 0 Å². The molecule has 2 aliphatic rings. The van der Waals surface area contributed by atoms with Crippen molar-refractivity contribution >= 4 is 5.97 Å². The highest BCUT2D eigenvalue weighted by Gasteiger charge is 2.30. The summed E-state index contributed by atoms with van der Waals surface area (Å²) in [4.78, 5) is 11.6. The molecule has 4 heteroatoms. The Morgan fingerprint density at radius 3 is 2.82 bits per heavy atom. The molecule has 2 atom stereocenters. The molecule has 120 valence electrons. The van der Waals surface area contributed by atoms with E-state index in [1.165, 1.54) is 5.56 Å². The van der Waals surface area contributed by atoms with Gasteiger partial charge >= 0.3 is 5.97 Å². The van der Waals surface area contributed by atoms with Gasteiger partial charge in [0.05, 0.1) is 5.92 Å². The molecule has 2 aliphatic heterocycles. The van der Waals surface area contributed by atoms with E-state index in [0.717, 1.165) is 51.1 Å². The standard InChI is InChI=1S/C18H25NO3/c20-18(21)17(16-4-7-19-12-16)11-13-2-1-3-15(10-13)14-5-8-22-9-6-14/h1-3,10,14,16-17,19H,4-9,11-12H2,(H,20,21)/t16-,17-/m0/s1. The Morgan fingerprint density at radius 1 is 1.32 bits per heavy atom. The number of aliphatic carboxylic acids is 1. The number of hydrogen-bond donors (Lipinski definition) is 2. The van der Waals surface area contributed by atoms with E-state index in [4.69, 9.17) is 4.74 Å². The third kappa shape index (κ3) is 3.68. The number of carboxylic acids is 1. The van der Waals surface area contributed by atoms with Crippen LogP contribution in [0, 0.1) is 11.8 Å². The summed E-state index contributed by atoms with van der Waals surface area (Å²) in [5.41, 5.74) is 2.50. The first-order valence-electron chi connectivity index (χ1n) is 8.34. The maximum Gasteiger partial charge on any atom is 0.307 e. The number of ether oxygens (including phenoxy) is 1. The summed E-state index contributed by atoms with van der Waals surface area (Å²) in [5.74, 6) is -0.125. The summed E-state index contributed by atoms with van der Waals surface area (Å²) in [6, 6.07) is 8.54. The van der Waals surface area contributed by atoms with Crippen LogP contribution in [0.4, 0.5) is 0 Å². The van der Waals surface area contributed by atoms with E-state index in [0.29, 0.717) is 12.3 Å². The lowest BCUT2D eigenvalue weighted by Gasteiger charge is -2.23. The highest BCUT2D eigenvalue weighted by Crippen LogP contribution is 2.29. The minimum absolute atomic E-state index is 0.254. The number of carboxylic acid groups (broad SMARTS) is 1. The second kappa shape index (κ2) is 7.25. The van der Waals surface area contributed by atoms with Crippen LogP contribution >= 0.6 is 0 Å². The van der Waals surface area contributed by atoms with Crippen molar-refractivity contribution in [3.8, 4) is 0 Å². The second-order valence-corrected chi connectivity index (χ2v) is 6.53. The Bertz CT molecular complexity index is 505. The molecule has 0 spiro atoms. The van der Waals surface area contributed by atoms with Gasteiger partial charge in [0.25, 0.3) is 0 Å². The van der Waals surface area contributed by atoms with Gasteiger partial charge < -0.3 is 15.2 Å². The van der Waals surface area contributed by atoms with Crippen LogP contribution in [0.1, 0.15) is 36.3 Å². The molecule has 0 aromatic heterocycles. The Hall–Kier alpha value is -1.39. The van der Waals surface area contributed by atoms with Gasteiger partial charge in [-0.2, -0.15) is 0 Å². The molecule has 2 saturated heterocycles. The molecular weight excluding hydrogens is 278 g/mol. The normalized spacial score (nSPS) is 24.3. The lowest BCUT2D eigenvalue weighted by molar-refractivity contribution is -0.143. The van der Waals surface area contributed by atoms with E-state index in [1.807, 2.05) is 0 Å². The van der Waals surface area contributed by atoms with Gasteiger partial charge in [0, 0.05) is 13.2 Å². The quantitative estimate of drug-likeness (QED) is 0.877. The van der Waals surface area contributed by atoms with E-state index in [1.54, 1.807) is 0 Å². The van der Waals surface area contributed by atoms with E-state index in [-0.39, 0.29) is 11.8 Å². The number of benzene rings is 1. The van der Waals surface area contributed by atoms with Crippen LogP contribution in [0.3, 0.4) is 0 Å². The first-order valence-corrected chi connectivity index (χ1v) is 8.34. The number of carbonyl (C=O) groups is 1. The SMILES string of the molecule is O=C(O)[C@@H](Cc1cccc(C2CCOCC2)c1)[C@H]1CCNC1. The molecule has 2 N–H and O–H groups in total. The highest BCUT2D eigenvalue weighted by molar-refractivity contribution is 5.71. The number of rotatable bonds is 5. The van der Waals surface area contributed by atoms with Gasteiger partial charge in [0.15, 0.2) is 0 Å². The van der Waals surface area contributed by atoms with Gasteiger partial charge in [-0.15, -0.1) is 0 Å². The van der Waals surface area contributed by atoms with Crippen LogP contribution in [0.5, 0.6) is 0 Å². The van der Waals surface area contributed by atoms with Crippen molar-refractivity contribution in [1.29, 1.82) is 0 Å². The van der Waals surface area contributed by atoms with E-state index >= 15 is 0 Å². The maximum atomic E-state index is 11.6. The summed E-state index contributed by atoms with van der Waals surface area (Å²) in [6.07, 6.45) is 3.74. The zero-order valence-electron chi connectivity index (χ0n) is 13.0. The predicted molar refractivity (Wildman–Crippen MR) is 85.0 cm³/mol. The average Bonchev–Trinajstić information content (AvgIpc) is 3.07. The molecule has 0 amide bonds. The molecule has 0 radical (unpaired) electrons. The van der Waals surface area contributed by atoms with Crippen LogP contribution in [-0.4, -0.2) is 37.4 Å². The molecule has 2 heterocycles. The lowest BCUT2D eigenvalue weighted by Crippen LogP contribution is -2.27. The average molecular weight is 303 g/mol. The number of nitrogens with one attached hydrogen (secondary N) is 1. The zero-order valence-corrected chi connectivity index (χ0v) is 13.0. The Balaban J connectivity index is 1.71. The molecule has 4 nitrogen and oxygen atoms in total. The van der Waals surface area contributed by atoms with Crippen molar-refractivity contribution in [1.82, 2.24) is 5.32 Å². The van der Waals surface area contributed by atoms with Crippen LogP contribution < -0.4 is 5.32 Å². The minimum atomic E-state index is -0.662. The molecule has 0 bridgehead atoms. The van der Waals surface area contributed by atoms with Crippen molar-refractivity contribution in [2.75, 3.05) is 26.3 Å². The van der Waals surface area contributed by atoms with E-state index in [2.05, 4.69) is 29.6 Å². The molecule has 0 unspecified atom stereocenters. The van der Waals surface area contributed by atoms with E-state index < -0.39 is 5.97 Å². The fourth-order valence-electron chi connectivity index (χ4n) is 3.73. The zero-order chi connectivity index (χ0) is 15.4. The van der Waals surface area contributed by atoms with Crippen molar-refractivity contribution < 1.29 is 14.6 Å². The Labute approximate surface area is 131 Å². The van der Waals surface area contributed by atoms with Crippen molar-refractivity contribution in [2.24, 2.45) is 11.8 Å². The largest absolute Gasteiger partial charge is 0.481 e. The maximum absolute atomic E-state index is 11.6. The molecule has 3 rings (SSSR count). The van der Waals surface area contributed by atoms with Gasteiger partial charge in [-0.1, -0.05) is 24.3 Å². The Morgan fingerprint density at radius 2 is 2.14 bits per heavy atom. The first kappa shape index (κ1) is 15.5. The fraction of sp³-hybridized carbons (Fsp3) is 0.611. The summed E-state index contributed by atoms with van der Waals surface area (Å²) in [7, 11) is 0. The first-order chi connectivity index (χ1) is 10.7. The molecule has 2 fully saturated rings. The molecule has 22 heavy (non-hydrogen) atoms. The van der Waals surface area contributed by atoms with E-state index in [9.17, 15) is 9.90 Å². The van der Waals surface area contributed by atoms with Crippen LogP contribution in [-0.2, 0) is 16.0 Å². The molecule has 1 aromatic carbocycles. The minimum Gasteiger partial charge on any atom is -0.481 e. The fourth-order valence-corrected chi connectivity index (χ4v) is 3.73. The molecular formula is C18H25NO3. The summed E-state index contributed by atoms with van der Waals surface area (Å²) < 4.78 is 5.43. The van der Waals surface area contributed by atoms with Gasteiger partial charge in [-0.3, -0.25) is 4.79 Å². The lowest BCUT2D eigenvalue weighted by atomic mass is 9.84. The summed E-state index contributed by atoms with van der Waals surface area (Å²) >= 11 is 0. The van der Waals surface area contributed by atoms with Gasteiger partial charge in [-0.25, -0.2) is 0 Å². The third-order valence-electron chi connectivity index (χ3n) is 5.08. The van der Waals surface area contributed by atoms with Crippen molar-refractivity contribution in [3.05, 3.63) is 35.4 Å². The van der Waals surface area contributed by atoms with Gasteiger partial charge in [-0.05, 0) is 61.7 Å². The van der Waals surface area contributed by atoms with Gasteiger partial charge in [0.1, 0.15) is 0 Å². The summed E-state index contributed by atoms with van der Waals surface area (Å²) in [6.45, 7) is 3.44. The van der Waals surface area contributed by atoms with Crippen molar-refractivity contribution in [2.45, 2.75) is 31.6 Å². The Kier molecular flexibility index (Phi) is 5.11. The monoisotopic (exact) mass is 303 g/mol. The third-order valence-corrected chi connectivity index (χ3v) is 5.08. The predicted octanol–water partition coefficient (Wildman–Crippen LogP) is 2.43. The number of hydrogen-bond acceptors (Lipinski definition) is 3. The molecule has 0 aliphatic carbocycles. The van der Waals surface area contributed by atoms with Gasteiger partial charge in [0.2, 0.25) is 0 Å². The second-order valence-electron chi connectivity index (χ2n) is 6.53. The summed E-state index contributed by atoms with van der Waals surface area (Å²) in [5, 5.41) is 12.8. The van der Waals surface area contributed by atoms with Crippen molar-refractivity contribution in [3.63, 3.8) is 0 Å². The van der Waals surface area contributed by atoms with Crippen LogP contribution in [0.15, 0.2) is 24.3 Å². The highest BCUT2D eigenvalue weighted by atomic mass is 16.5. The smallest absolute Gasteiger partial charge is 0.307 e. The molecule has 0 saturated carbocycles. The van der Waals surface area contributed by atoms with Crippen LogP contribution in [0.25, 0.3) is 0 Å². The topological polar surface area (TPSA) is 58.6 Å². The molecule has 1 aromatic rings.